The van der Waals surface area contributed by atoms with Crippen LogP contribution in [0.4, 0.5) is 5.69 Å². The molecule has 94 valence electrons. The van der Waals surface area contributed by atoms with E-state index in [2.05, 4.69) is 28.2 Å². The summed E-state index contributed by atoms with van der Waals surface area (Å²) in [7, 11) is 0. The van der Waals surface area contributed by atoms with Gasteiger partial charge in [0.1, 0.15) is 0 Å². The van der Waals surface area contributed by atoms with E-state index in [-0.39, 0.29) is 0 Å². The summed E-state index contributed by atoms with van der Waals surface area (Å²) in [5.41, 5.74) is 2.38. The molecule has 17 heavy (non-hydrogen) atoms. The Morgan fingerprint density at radius 1 is 1.41 bits per heavy atom. The van der Waals surface area contributed by atoms with E-state index >= 15 is 0 Å². The monoisotopic (exact) mass is 251 g/mol. The highest BCUT2D eigenvalue weighted by Crippen LogP contribution is 2.14. The second kappa shape index (κ2) is 6.87. The lowest BCUT2D eigenvalue weighted by Gasteiger charge is -2.25. The fourth-order valence-corrected chi connectivity index (χ4v) is 2.91. The van der Waals surface area contributed by atoms with E-state index in [1.54, 1.807) is 0 Å². The second-order valence-corrected chi connectivity index (χ2v) is 5.58. The molecule has 1 aliphatic heterocycles. The van der Waals surface area contributed by atoms with Crippen LogP contribution in [0.5, 0.6) is 0 Å². The zero-order valence-electron chi connectivity index (χ0n) is 10.5. The van der Waals surface area contributed by atoms with Crippen LogP contribution in [-0.2, 0) is 6.54 Å². The maximum Gasteiger partial charge on any atom is 0.0564 e. The summed E-state index contributed by atoms with van der Waals surface area (Å²) >= 11 is 2.05. The van der Waals surface area contributed by atoms with Gasteiger partial charge in [-0.25, -0.2) is 0 Å². The van der Waals surface area contributed by atoms with E-state index in [1.165, 1.54) is 36.0 Å². The van der Waals surface area contributed by atoms with Crippen molar-refractivity contribution in [2.24, 2.45) is 0 Å². The summed E-state index contributed by atoms with van der Waals surface area (Å²) in [6.45, 7) is 6.59. The predicted octanol–water partition coefficient (Wildman–Crippen LogP) is 2.45. The maximum atomic E-state index is 4.45. The third kappa shape index (κ3) is 4.21. The summed E-state index contributed by atoms with van der Waals surface area (Å²) in [5.74, 6) is 2.52. The highest BCUT2D eigenvalue weighted by molar-refractivity contribution is 7.99. The van der Waals surface area contributed by atoms with Crippen LogP contribution in [0.15, 0.2) is 18.3 Å². The molecule has 2 rings (SSSR count). The van der Waals surface area contributed by atoms with Gasteiger partial charge in [-0.15, -0.1) is 0 Å². The molecule has 1 fully saturated rings. The van der Waals surface area contributed by atoms with Crippen molar-refractivity contribution >= 4 is 17.4 Å². The Morgan fingerprint density at radius 2 is 2.24 bits per heavy atom. The first-order valence-electron chi connectivity index (χ1n) is 6.37. The minimum Gasteiger partial charge on any atom is -0.385 e. The van der Waals surface area contributed by atoms with Crippen LogP contribution in [-0.4, -0.2) is 41.0 Å². The topological polar surface area (TPSA) is 28.2 Å². The van der Waals surface area contributed by atoms with Gasteiger partial charge in [0.15, 0.2) is 0 Å². The van der Waals surface area contributed by atoms with Crippen molar-refractivity contribution in [3.63, 3.8) is 0 Å². The van der Waals surface area contributed by atoms with E-state index in [1.807, 2.05) is 24.0 Å². The molecule has 1 aromatic heterocycles. The molecule has 0 bridgehead atoms. The van der Waals surface area contributed by atoms with Gasteiger partial charge in [0.05, 0.1) is 5.69 Å². The van der Waals surface area contributed by atoms with Gasteiger partial charge in [-0.3, -0.25) is 9.88 Å². The van der Waals surface area contributed by atoms with Gasteiger partial charge >= 0.3 is 0 Å². The van der Waals surface area contributed by atoms with E-state index in [0.29, 0.717) is 0 Å². The molecule has 4 heteroatoms. The van der Waals surface area contributed by atoms with E-state index < -0.39 is 0 Å². The SMILES string of the molecule is CCCNc1ccnc(CN2CCSCC2)c1. The third-order valence-electron chi connectivity index (χ3n) is 2.88. The number of rotatable bonds is 5. The van der Waals surface area contributed by atoms with Gasteiger partial charge in [0, 0.05) is 49.6 Å². The summed E-state index contributed by atoms with van der Waals surface area (Å²) in [6, 6.07) is 4.22. The molecule has 3 nitrogen and oxygen atoms in total. The smallest absolute Gasteiger partial charge is 0.0564 e. The average Bonchev–Trinajstić information content (AvgIpc) is 2.38. The zero-order valence-corrected chi connectivity index (χ0v) is 11.3. The number of nitrogens with one attached hydrogen (secondary N) is 1. The van der Waals surface area contributed by atoms with Gasteiger partial charge in [-0.05, 0) is 18.6 Å². The molecular formula is C13H21N3S. The molecular weight excluding hydrogens is 230 g/mol. The number of hydrogen-bond acceptors (Lipinski definition) is 4. The molecule has 1 N–H and O–H groups in total. The maximum absolute atomic E-state index is 4.45. The quantitative estimate of drug-likeness (QED) is 0.870. The van der Waals surface area contributed by atoms with E-state index in [4.69, 9.17) is 0 Å². The van der Waals surface area contributed by atoms with Gasteiger partial charge < -0.3 is 5.32 Å². The third-order valence-corrected chi connectivity index (χ3v) is 3.83. The highest BCUT2D eigenvalue weighted by atomic mass is 32.2. The predicted molar refractivity (Wildman–Crippen MR) is 75.6 cm³/mol. The number of thioether (sulfide) groups is 1. The Labute approximate surface area is 108 Å². The Balaban J connectivity index is 1.90. The van der Waals surface area contributed by atoms with Crippen molar-refractivity contribution in [2.45, 2.75) is 19.9 Å². The number of anilines is 1. The van der Waals surface area contributed by atoms with E-state index in [9.17, 15) is 0 Å². The molecule has 2 heterocycles. The molecule has 1 aromatic rings. The van der Waals surface area contributed by atoms with Crippen LogP contribution >= 0.6 is 11.8 Å². The first-order chi connectivity index (χ1) is 8.38. The summed E-state index contributed by atoms with van der Waals surface area (Å²) < 4.78 is 0. The van der Waals surface area contributed by atoms with Gasteiger partial charge in [-0.1, -0.05) is 6.92 Å². The lowest BCUT2D eigenvalue weighted by molar-refractivity contribution is 0.291. The molecule has 0 atom stereocenters. The molecule has 0 spiro atoms. The highest BCUT2D eigenvalue weighted by Gasteiger charge is 2.11. The summed E-state index contributed by atoms with van der Waals surface area (Å²) in [6.07, 6.45) is 3.06. The first-order valence-corrected chi connectivity index (χ1v) is 7.53. The molecule has 0 saturated carbocycles. The summed E-state index contributed by atoms with van der Waals surface area (Å²) in [5, 5.41) is 3.41. The van der Waals surface area contributed by atoms with Gasteiger partial charge in [0.2, 0.25) is 0 Å². The molecule has 0 aromatic carbocycles. The van der Waals surface area contributed by atoms with Crippen molar-refractivity contribution in [3.8, 4) is 0 Å². The van der Waals surface area contributed by atoms with Crippen molar-refractivity contribution in [1.29, 1.82) is 0 Å². The van der Waals surface area contributed by atoms with Crippen molar-refractivity contribution < 1.29 is 0 Å². The second-order valence-electron chi connectivity index (χ2n) is 4.35. The molecule has 0 amide bonds. The number of pyridine rings is 1. The molecule has 1 aliphatic rings. The Hall–Kier alpha value is -0.740. The van der Waals surface area contributed by atoms with E-state index in [0.717, 1.165) is 19.5 Å². The molecule has 0 radical (unpaired) electrons. The first kappa shape index (κ1) is 12.7. The standard InChI is InChI=1S/C13H21N3S/c1-2-4-14-12-3-5-15-13(10-12)11-16-6-8-17-9-7-16/h3,5,10H,2,4,6-9,11H2,1H3,(H,14,15). The van der Waals surface area contributed by atoms with Crippen molar-refractivity contribution in [1.82, 2.24) is 9.88 Å². The normalized spacial score (nSPS) is 17.0. The fourth-order valence-electron chi connectivity index (χ4n) is 1.93. The number of hydrogen-bond donors (Lipinski definition) is 1. The lowest BCUT2D eigenvalue weighted by atomic mass is 10.3. The minimum atomic E-state index is 0.988. The van der Waals surface area contributed by atoms with Crippen LogP contribution in [0, 0.1) is 0 Å². The average molecular weight is 251 g/mol. The van der Waals surface area contributed by atoms with Crippen LogP contribution < -0.4 is 5.32 Å². The Kier molecular flexibility index (Phi) is 5.13. The van der Waals surface area contributed by atoms with Crippen LogP contribution in [0.1, 0.15) is 19.0 Å². The largest absolute Gasteiger partial charge is 0.385 e. The lowest BCUT2D eigenvalue weighted by Crippen LogP contribution is -2.32. The molecule has 0 unspecified atom stereocenters. The van der Waals surface area contributed by atoms with Crippen molar-refractivity contribution in [2.75, 3.05) is 36.5 Å². The van der Waals surface area contributed by atoms with Crippen LogP contribution in [0.3, 0.4) is 0 Å². The van der Waals surface area contributed by atoms with Gasteiger partial charge in [-0.2, -0.15) is 11.8 Å². The van der Waals surface area contributed by atoms with Gasteiger partial charge in [0.25, 0.3) is 0 Å². The van der Waals surface area contributed by atoms with Crippen LogP contribution in [0.2, 0.25) is 0 Å². The van der Waals surface area contributed by atoms with Crippen LogP contribution in [0.25, 0.3) is 0 Å². The zero-order chi connectivity index (χ0) is 11.9. The number of aromatic nitrogens is 1. The van der Waals surface area contributed by atoms with Crippen molar-refractivity contribution in [3.05, 3.63) is 24.0 Å². The summed E-state index contributed by atoms with van der Waals surface area (Å²) in [4.78, 5) is 6.94. The molecule has 1 saturated heterocycles. The number of nitrogens with zero attached hydrogens (tertiary/aromatic N) is 2. The molecule has 0 aliphatic carbocycles. The Bertz CT molecular complexity index is 337. The minimum absolute atomic E-state index is 0.988. The fraction of sp³-hybridized carbons (Fsp3) is 0.615. The Morgan fingerprint density at radius 3 is 3.00 bits per heavy atom.